The molecule has 0 bridgehead atoms. The van der Waals surface area contributed by atoms with E-state index in [1.54, 1.807) is 16.0 Å². The number of rotatable bonds is 3. The van der Waals surface area contributed by atoms with E-state index in [1.807, 2.05) is 40.0 Å². The van der Waals surface area contributed by atoms with Crippen LogP contribution in [0, 0.1) is 13.8 Å². The van der Waals surface area contributed by atoms with Gasteiger partial charge in [-0.15, -0.1) is 11.3 Å². The molecule has 5 heteroatoms. The summed E-state index contributed by atoms with van der Waals surface area (Å²) in [6.07, 6.45) is 0.478. The quantitative estimate of drug-likeness (QED) is 0.940. The lowest BCUT2D eigenvalue weighted by molar-refractivity contribution is 0.0613. The number of aromatic nitrogens is 2. The molecule has 0 aliphatic rings. The van der Waals surface area contributed by atoms with Crippen LogP contribution in [0.15, 0.2) is 12.1 Å². The van der Waals surface area contributed by atoms with Crippen molar-refractivity contribution >= 4 is 22.9 Å². The molecule has 0 radical (unpaired) electrons. The van der Waals surface area contributed by atoms with Crippen LogP contribution in [0.4, 0.5) is 0 Å². The van der Waals surface area contributed by atoms with Gasteiger partial charge in [0.15, 0.2) is 0 Å². The number of nitrogens with zero attached hydrogens (tertiary/aromatic N) is 2. The standard InChI is InChI=1S/C13H17ClN2OS/c1-8-5-6-11(18-8)13(3,17)7-10-9(2)15-16(4)12(10)14/h5-6,17H,7H2,1-4H3. The summed E-state index contributed by atoms with van der Waals surface area (Å²) in [4.78, 5) is 2.15. The summed E-state index contributed by atoms with van der Waals surface area (Å²) in [5.41, 5.74) is 0.877. The van der Waals surface area contributed by atoms with Gasteiger partial charge >= 0.3 is 0 Å². The van der Waals surface area contributed by atoms with Crippen molar-refractivity contribution in [3.63, 3.8) is 0 Å². The van der Waals surface area contributed by atoms with Gasteiger partial charge in [0.2, 0.25) is 0 Å². The van der Waals surface area contributed by atoms with Crippen molar-refractivity contribution in [2.45, 2.75) is 32.8 Å². The van der Waals surface area contributed by atoms with Gasteiger partial charge in [0.25, 0.3) is 0 Å². The Labute approximate surface area is 116 Å². The minimum Gasteiger partial charge on any atom is -0.384 e. The van der Waals surface area contributed by atoms with Crippen molar-refractivity contribution in [3.05, 3.63) is 38.3 Å². The molecular weight excluding hydrogens is 268 g/mol. The van der Waals surface area contributed by atoms with E-state index in [1.165, 1.54) is 4.88 Å². The smallest absolute Gasteiger partial charge is 0.130 e. The second-order valence-corrected chi connectivity index (χ2v) is 6.49. The Balaban J connectivity index is 2.33. The van der Waals surface area contributed by atoms with Crippen molar-refractivity contribution in [2.75, 3.05) is 0 Å². The molecule has 0 saturated heterocycles. The van der Waals surface area contributed by atoms with Crippen molar-refractivity contribution in [3.8, 4) is 0 Å². The fourth-order valence-electron chi connectivity index (χ4n) is 2.03. The Morgan fingerprint density at radius 1 is 1.44 bits per heavy atom. The molecule has 2 aromatic heterocycles. The molecule has 2 rings (SSSR count). The van der Waals surface area contributed by atoms with Crippen molar-refractivity contribution < 1.29 is 5.11 Å². The Morgan fingerprint density at radius 2 is 2.11 bits per heavy atom. The molecule has 0 fully saturated rings. The number of aliphatic hydroxyl groups is 1. The van der Waals surface area contributed by atoms with Gasteiger partial charge in [0.05, 0.1) is 5.69 Å². The third kappa shape index (κ3) is 2.46. The largest absolute Gasteiger partial charge is 0.384 e. The topological polar surface area (TPSA) is 38.1 Å². The summed E-state index contributed by atoms with van der Waals surface area (Å²) in [7, 11) is 1.81. The van der Waals surface area contributed by atoms with Crippen LogP contribution in [0.2, 0.25) is 5.15 Å². The molecule has 98 valence electrons. The van der Waals surface area contributed by atoms with Crippen molar-refractivity contribution in [1.82, 2.24) is 9.78 Å². The second kappa shape index (κ2) is 4.68. The Hall–Kier alpha value is -0.840. The van der Waals surface area contributed by atoms with Crippen LogP contribution in [0.1, 0.15) is 27.9 Å². The fourth-order valence-corrected chi connectivity index (χ4v) is 3.18. The van der Waals surface area contributed by atoms with E-state index < -0.39 is 5.60 Å². The molecule has 1 N–H and O–H groups in total. The van der Waals surface area contributed by atoms with E-state index in [9.17, 15) is 5.11 Å². The lowest BCUT2D eigenvalue weighted by atomic mass is 9.95. The molecule has 0 saturated carbocycles. The predicted molar refractivity (Wildman–Crippen MR) is 75.3 cm³/mol. The average molecular weight is 285 g/mol. The average Bonchev–Trinajstić information content (AvgIpc) is 2.80. The van der Waals surface area contributed by atoms with Crippen LogP contribution in [-0.4, -0.2) is 14.9 Å². The molecule has 18 heavy (non-hydrogen) atoms. The Morgan fingerprint density at radius 3 is 2.56 bits per heavy atom. The maximum absolute atomic E-state index is 10.6. The highest BCUT2D eigenvalue weighted by molar-refractivity contribution is 7.12. The minimum atomic E-state index is -0.906. The van der Waals surface area contributed by atoms with Gasteiger partial charge in [0, 0.05) is 28.8 Å². The van der Waals surface area contributed by atoms with E-state index in [2.05, 4.69) is 5.10 Å². The summed E-state index contributed by atoms with van der Waals surface area (Å²) in [5.74, 6) is 0. The van der Waals surface area contributed by atoms with Crippen LogP contribution in [0.3, 0.4) is 0 Å². The first-order valence-electron chi connectivity index (χ1n) is 5.78. The van der Waals surface area contributed by atoms with Crippen LogP contribution < -0.4 is 0 Å². The number of halogens is 1. The van der Waals surface area contributed by atoms with E-state index in [4.69, 9.17) is 11.6 Å². The number of aryl methyl sites for hydroxylation is 3. The highest BCUT2D eigenvalue weighted by atomic mass is 35.5. The third-order valence-electron chi connectivity index (χ3n) is 3.06. The Bertz CT molecular complexity index is 572. The molecule has 1 unspecified atom stereocenters. The van der Waals surface area contributed by atoms with Crippen molar-refractivity contribution in [1.29, 1.82) is 0 Å². The SMILES string of the molecule is Cc1ccc(C(C)(O)Cc2c(C)nn(C)c2Cl)s1. The van der Waals surface area contributed by atoms with Crippen LogP contribution in [0.25, 0.3) is 0 Å². The highest BCUT2D eigenvalue weighted by Gasteiger charge is 2.28. The van der Waals surface area contributed by atoms with Gasteiger partial charge in [-0.3, -0.25) is 4.68 Å². The highest BCUT2D eigenvalue weighted by Crippen LogP contribution is 2.33. The van der Waals surface area contributed by atoms with E-state index in [-0.39, 0.29) is 0 Å². The summed E-state index contributed by atoms with van der Waals surface area (Å²) < 4.78 is 1.64. The molecule has 0 aromatic carbocycles. The number of hydrogen-bond acceptors (Lipinski definition) is 3. The summed E-state index contributed by atoms with van der Waals surface area (Å²) >= 11 is 7.82. The molecule has 2 heterocycles. The zero-order chi connectivity index (χ0) is 13.5. The molecule has 1 atom stereocenters. The summed E-state index contributed by atoms with van der Waals surface area (Å²) in [6.45, 7) is 5.77. The zero-order valence-electron chi connectivity index (χ0n) is 11.0. The van der Waals surface area contributed by atoms with Gasteiger partial charge in [-0.1, -0.05) is 11.6 Å². The Kier molecular flexibility index (Phi) is 3.54. The van der Waals surface area contributed by atoms with E-state index in [0.29, 0.717) is 11.6 Å². The predicted octanol–water partition coefficient (Wildman–Crippen LogP) is 3.20. The molecule has 2 aromatic rings. The molecule has 0 aliphatic heterocycles. The van der Waals surface area contributed by atoms with Gasteiger partial charge in [-0.05, 0) is 32.9 Å². The van der Waals surface area contributed by atoms with E-state index in [0.717, 1.165) is 16.1 Å². The zero-order valence-corrected chi connectivity index (χ0v) is 12.6. The normalized spacial score (nSPS) is 14.8. The first-order chi connectivity index (χ1) is 8.31. The lowest BCUT2D eigenvalue weighted by Gasteiger charge is -2.21. The third-order valence-corrected chi connectivity index (χ3v) is 4.79. The maximum Gasteiger partial charge on any atom is 0.130 e. The molecule has 0 amide bonds. The van der Waals surface area contributed by atoms with Crippen LogP contribution in [0.5, 0.6) is 0 Å². The second-order valence-electron chi connectivity index (χ2n) is 4.84. The van der Waals surface area contributed by atoms with E-state index >= 15 is 0 Å². The minimum absolute atomic E-state index is 0.478. The lowest BCUT2D eigenvalue weighted by Crippen LogP contribution is -2.23. The first kappa shape index (κ1) is 13.6. The van der Waals surface area contributed by atoms with Crippen molar-refractivity contribution in [2.24, 2.45) is 7.05 Å². The monoisotopic (exact) mass is 284 g/mol. The molecule has 0 aliphatic carbocycles. The number of thiophene rings is 1. The maximum atomic E-state index is 10.6. The molecule has 3 nitrogen and oxygen atoms in total. The van der Waals surface area contributed by atoms with Gasteiger partial charge < -0.3 is 5.11 Å². The van der Waals surface area contributed by atoms with Crippen LogP contribution in [-0.2, 0) is 19.1 Å². The molecular formula is C13H17ClN2OS. The summed E-state index contributed by atoms with van der Waals surface area (Å²) in [5, 5.41) is 15.5. The van der Waals surface area contributed by atoms with Gasteiger partial charge in [-0.25, -0.2) is 0 Å². The summed E-state index contributed by atoms with van der Waals surface area (Å²) in [6, 6.07) is 3.99. The van der Waals surface area contributed by atoms with Gasteiger partial charge in [0.1, 0.15) is 10.8 Å². The van der Waals surface area contributed by atoms with Crippen LogP contribution >= 0.6 is 22.9 Å². The fraction of sp³-hybridized carbons (Fsp3) is 0.462. The van der Waals surface area contributed by atoms with Gasteiger partial charge in [-0.2, -0.15) is 5.10 Å². The number of hydrogen-bond donors (Lipinski definition) is 1. The first-order valence-corrected chi connectivity index (χ1v) is 6.98. The molecule has 0 spiro atoms.